The van der Waals surface area contributed by atoms with Gasteiger partial charge in [-0.25, -0.2) is 13.1 Å². The van der Waals surface area contributed by atoms with Crippen molar-refractivity contribution in [3.8, 4) is 5.75 Å². The Labute approximate surface area is 163 Å². The molecule has 0 radical (unpaired) electrons. The molecule has 1 saturated heterocycles. The Morgan fingerprint density at radius 1 is 1.08 bits per heavy atom. The smallest absolute Gasteiger partial charge is 0.240 e. The van der Waals surface area contributed by atoms with Gasteiger partial charge in [0.25, 0.3) is 0 Å². The fraction of sp³-hybridized carbons (Fsp3) is 0.368. The summed E-state index contributed by atoms with van der Waals surface area (Å²) in [6.07, 6.45) is 2.32. The van der Waals surface area contributed by atoms with Gasteiger partial charge in [-0.15, -0.1) is 0 Å². The first kappa shape index (κ1) is 19.4. The van der Waals surface area contributed by atoms with Crippen LogP contribution in [0, 0.1) is 0 Å². The van der Waals surface area contributed by atoms with Crippen LogP contribution in [0.4, 0.5) is 0 Å². The third kappa shape index (κ3) is 5.30. The standard InChI is InChI=1S/C19H23BrN2O3S/c1-22-12-10-18(11-13-22)25-17-6-2-15(3-7-17)14-21-26(23,24)19-8-4-16(20)5-9-19/h2-9,18,21H,10-14H2,1H3. The number of nitrogens with zero attached hydrogens (tertiary/aromatic N) is 1. The van der Waals surface area contributed by atoms with Gasteiger partial charge >= 0.3 is 0 Å². The molecule has 0 aliphatic carbocycles. The predicted octanol–water partition coefficient (Wildman–Crippen LogP) is 3.40. The van der Waals surface area contributed by atoms with Crippen LogP contribution in [0.15, 0.2) is 57.9 Å². The number of nitrogens with one attached hydrogen (secondary N) is 1. The summed E-state index contributed by atoms with van der Waals surface area (Å²) in [6.45, 7) is 2.36. The molecule has 0 amide bonds. The van der Waals surface area contributed by atoms with E-state index in [1.165, 1.54) is 0 Å². The molecule has 2 aromatic carbocycles. The Bertz CT molecular complexity index is 815. The summed E-state index contributed by atoms with van der Waals surface area (Å²) >= 11 is 3.30. The van der Waals surface area contributed by atoms with Crippen molar-refractivity contribution in [3.63, 3.8) is 0 Å². The SMILES string of the molecule is CN1CCC(Oc2ccc(CNS(=O)(=O)c3ccc(Br)cc3)cc2)CC1. The molecule has 5 nitrogen and oxygen atoms in total. The first-order valence-corrected chi connectivity index (χ1v) is 10.9. The van der Waals surface area contributed by atoms with Crippen molar-refractivity contribution in [2.24, 2.45) is 0 Å². The first-order valence-electron chi connectivity index (χ1n) is 8.62. The van der Waals surface area contributed by atoms with Crippen molar-refractivity contribution in [1.29, 1.82) is 0 Å². The highest BCUT2D eigenvalue weighted by Gasteiger charge is 2.18. The lowest BCUT2D eigenvalue weighted by Crippen LogP contribution is -2.35. The zero-order valence-electron chi connectivity index (χ0n) is 14.7. The lowest BCUT2D eigenvalue weighted by molar-refractivity contribution is 0.114. The van der Waals surface area contributed by atoms with Crippen LogP contribution in [-0.4, -0.2) is 39.6 Å². The maximum Gasteiger partial charge on any atom is 0.240 e. The van der Waals surface area contributed by atoms with Crippen molar-refractivity contribution in [2.45, 2.75) is 30.4 Å². The fourth-order valence-electron chi connectivity index (χ4n) is 2.86. The van der Waals surface area contributed by atoms with Crippen molar-refractivity contribution >= 4 is 26.0 Å². The van der Waals surface area contributed by atoms with E-state index in [2.05, 4.69) is 32.6 Å². The van der Waals surface area contributed by atoms with E-state index < -0.39 is 10.0 Å². The Morgan fingerprint density at radius 2 is 1.69 bits per heavy atom. The molecule has 0 spiro atoms. The highest BCUT2D eigenvalue weighted by Crippen LogP contribution is 2.20. The van der Waals surface area contributed by atoms with Gasteiger partial charge in [0, 0.05) is 24.1 Å². The Hall–Kier alpha value is -1.41. The largest absolute Gasteiger partial charge is 0.490 e. The molecule has 1 aliphatic heterocycles. The molecule has 26 heavy (non-hydrogen) atoms. The second-order valence-corrected chi connectivity index (χ2v) is 9.23. The van der Waals surface area contributed by atoms with Gasteiger partial charge in [0.1, 0.15) is 11.9 Å². The van der Waals surface area contributed by atoms with Crippen LogP contribution in [0.3, 0.4) is 0 Å². The van der Waals surface area contributed by atoms with Gasteiger partial charge in [-0.2, -0.15) is 0 Å². The molecule has 0 unspecified atom stereocenters. The Morgan fingerprint density at radius 3 is 2.31 bits per heavy atom. The van der Waals surface area contributed by atoms with Crippen LogP contribution in [0.2, 0.25) is 0 Å². The maximum atomic E-state index is 12.3. The topological polar surface area (TPSA) is 58.6 Å². The molecule has 1 heterocycles. The molecule has 3 rings (SSSR count). The second-order valence-electron chi connectivity index (χ2n) is 6.54. The highest BCUT2D eigenvalue weighted by atomic mass is 79.9. The van der Waals surface area contributed by atoms with Crippen molar-refractivity contribution in [1.82, 2.24) is 9.62 Å². The average molecular weight is 439 g/mol. The average Bonchev–Trinajstić information content (AvgIpc) is 2.63. The third-order valence-corrected chi connectivity index (χ3v) is 6.43. The zero-order chi connectivity index (χ0) is 18.6. The first-order chi connectivity index (χ1) is 12.4. The molecule has 0 saturated carbocycles. The zero-order valence-corrected chi connectivity index (χ0v) is 17.1. The van der Waals surface area contributed by atoms with Crippen LogP contribution in [0.25, 0.3) is 0 Å². The summed E-state index contributed by atoms with van der Waals surface area (Å²) in [5.74, 6) is 0.832. The van der Waals surface area contributed by atoms with Gasteiger partial charge < -0.3 is 9.64 Å². The Balaban J connectivity index is 1.55. The van der Waals surface area contributed by atoms with Gasteiger partial charge in [-0.05, 0) is 61.9 Å². The lowest BCUT2D eigenvalue weighted by atomic mass is 10.1. The second kappa shape index (κ2) is 8.52. The van der Waals surface area contributed by atoms with E-state index in [1.807, 2.05) is 24.3 Å². The summed E-state index contributed by atoms with van der Waals surface area (Å²) < 4.78 is 34.1. The molecule has 0 aromatic heterocycles. The molecular weight excluding hydrogens is 416 g/mol. The van der Waals surface area contributed by atoms with Gasteiger partial charge in [0.2, 0.25) is 10.0 Å². The summed E-state index contributed by atoms with van der Waals surface area (Å²) in [5.41, 5.74) is 0.890. The maximum absolute atomic E-state index is 12.3. The van der Waals surface area contributed by atoms with Gasteiger partial charge in [0.05, 0.1) is 4.90 Å². The normalized spacial score (nSPS) is 16.5. The molecule has 0 atom stereocenters. The molecule has 0 bridgehead atoms. The number of rotatable bonds is 6. The minimum Gasteiger partial charge on any atom is -0.490 e. The molecule has 2 aromatic rings. The number of benzene rings is 2. The summed E-state index contributed by atoms with van der Waals surface area (Å²) in [4.78, 5) is 2.56. The number of ether oxygens (including phenoxy) is 1. The molecule has 140 valence electrons. The number of hydrogen-bond acceptors (Lipinski definition) is 4. The molecule has 1 aliphatic rings. The molecule has 1 fully saturated rings. The van der Waals surface area contributed by atoms with E-state index in [1.54, 1.807) is 24.3 Å². The van der Waals surface area contributed by atoms with E-state index in [-0.39, 0.29) is 17.5 Å². The lowest BCUT2D eigenvalue weighted by Gasteiger charge is -2.29. The number of halogens is 1. The van der Waals surface area contributed by atoms with E-state index in [4.69, 9.17) is 4.74 Å². The quantitative estimate of drug-likeness (QED) is 0.750. The predicted molar refractivity (Wildman–Crippen MR) is 106 cm³/mol. The minimum atomic E-state index is -3.52. The van der Waals surface area contributed by atoms with Crippen LogP contribution in [-0.2, 0) is 16.6 Å². The third-order valence-electron chi connectivity index (χ3n) is 4.48. The van der Waals surface area contributed by atoms with E-state index >= 15 is 0 Å². The van der Waals surface area contributed by atoms with Crippen LogP contribution in [0.1, 0.15) is 18.4 Å². The van der Waals surface area contributed by atoms with Gasteiger partial charge in [0.15, 0.2) is 0 Å². The summed E-state index contributed by atoms with van der Waals surface area (Å²) in [6, 6.07) is 14.2. The number of piperidine rings is 1. The fourth-order valence-corrected chi connectivity index (χ4v) is 4.14. The van der Waals surface area contributed by atoms with Crippen LogP contribution >= 0.6 is 15.9 Å². The summed E-state index contributed by atoms with van der Waals surface area (Å²) in [5, 5.41) is 0. The van der Waals surface area contributed by atoms with Gasteiger partial charge in [-0.3, -0.25) is 0 Å². The number of hydrogen-bond donors (Lipinski definition) is 1. The monoisotopic (exact) mass is 438 g/mol. The molecule has 1 N–H and O–H groups in total. The van der Waals surface area contributed by atoms with Crippen LogP contribution < -0.4 is 9.46 Å². The Kier molecular flexibility index (Phi) is 6.34. The number of likely N-dealkylation sites (tertiary alicyclic amines) is 1. The molecule has 7 heteroatoms. The van der Waals surface area contributed by atoms with E-state index in [0.29, 0.717) is 0 Å². The van der Waals surface area contributed by atoms with Crippen LogP contribution in [0.5, 0.6) is 5.75 Å². The van der Waals surface area contributed by atoms with Crippen molar-refractivity contribution in [3.05, 3.63) is 58.6 Å². The van der Waals surface area contributed by atoms with E-state index in [9.17, 15) is 8.42 Å². The van der Waals surface area contributed by atoms with Crippen molar-refractivity contribution < 1.29 is 13.2 Å². The highest BCUT2D eigenvalue weighted by molar-refractivity contribution is 9.10. The van der Waals surface area contributed by atoms with Crippen molar-refractivity contribution in [2.75, 3.05) is 20.1 Å². The van der Waals surface area contributed by atoms with E-state index in [0.717, 1.165) is 41.7 Å². The van der Waals surface area contributed by atoms with Gasteiger partial charge in [-0.1, -0.05) is 28.1 Å². The number of sulfonamides is 1. The summed E-state index contributed by atoms with van der Waals surface area (Å²) in [7, 11) is -1.39. The minimum absolute atomic E-state index is 0.243. The molecular formula is C19H23BrN2O3S.